The van der Waals surface area contributed by atoms with E-state index in [1.807, 2.05) is 0 Å². The third-order valence-corrected chi connectivity index (χ3v) is 4.48. The van der Waals surface area contributed by atoms with E-state index in [9.17, 15) is 13.2 Å². The highest BCUT2D eigenvalue weighted by molar-refractivity contribution is 7.91. The Hall–Kier alpha value is -2.12. The number of carboxylic acids is 1. The fraction of sp³-hybridized carbons (Fsp3) is 0.214. The summed E-state index contributed by atoms with van der Waals surface area (Å²) < 4.78 is 34.3. The van der Waals surface area contributed by atoms with Gasteiger partial charge in [0.2, 0.25) is 0 Å². The molecule has 2 rings (SSSR count). The van der Waals surface area contributed by atoms with Crippen LogP contribution in [0.25, 0.3) is 0 Å². The second kappa shape index (κ2) is 6.55. The first-order valence-electron chi connectivity index (χ1n) is 6.15. The Balaban J connectivity index is 1.90. The van der Waals surface area contributed by atoms with Gasteiger partial charge in [-0.05, 0) is 36.4 Å². The summed E-state index contributed by atoms with van der Waals surface area (Å²) in [7, 11) is -3.49. The highest BCUT2D eigenvalue weighted by atomic mass is 32.2. The first kappa shape index (κ1) is 15.3. The van der Waals surface area contributed by atoms with E-state index in [1.165, 1.54) is 30.5 Å². The number of furan rings is 1. The van der Waals surface area contributed by atoms with Crippen molar-refractivity contribution in [1.29, 1.82) is 0 Å². The van der Waals surface area contributed by atoms with E-state index >= 15 is 0 Å². The third-order valence-electron chi connectivity index (χ3n) is 2.78. The molecule has 1 heterocycles. The molecule has 112 valence electrons. The monoisotopic (exact) mass is 310 g/mol. The second-order valence-electron chi connectivity index (χ2n) is 4.28. The molecule has 0 unspecified atom stereocenters. The van der Waals surface area contributed by atoms with Crippen LogP contribution in [0.1, 0.15) is 16.1 Å². The summed E-state index contributed by atoms with van der Waals surface area (Å²) in [5, 5.41) is 8.76. The third kappa shape index (κ3) is 4.17. The van der Waals surface area contributed by atoms with Gasteiger partial charge in [0.05, 0.1) is 29.1 Å². The van der Waals surface area contributed by atoms with Crippen LogP contribution in [0.3, 0.4) is 0 Å². The zero-order valence-corrected chi connectivity index (χ0v) is 11.9. The summed E-state index contributed by atoms with van der Waals surface area (Å²) >= 11 is 0. The molecule has 0 bridgehead atoms. The Labute approximate surface area is 121 Å². The highest BCUT2D eigenvalue weighted by Crippen LogP contribution is 2.13. The molecule has 6 nitrogen and oxygen atoms in total. The van der Waals surface area contributed by atoms with Crippen molar-refractivity contribution in [2.24, 2.45) is 0 Å². The van der Waals surface area contributed by atoms with E-state index in [0.717, 1.165) is 0 Å². The average Bonchev–Trinajstić information content (AvgIpc) is 2.97. The van der Waals surface area contributed by atoms with Crippen LogP contribution < -0.4 is 0 Å². The quantitative estimate of drug-likeness (QED) is 0.786. The van der Waals surface area contributed by atoms with Gasteiger partial charge in [-0.3, -0.25) is 0 Å². The topological polar surface area (TPSA) is 93.8 Å². The van der Waals surface area contributed by atoms with Gasteiger partial charge in [0.25, 0.3) is 0 Å². The van der Waals surface area contributed by atoms with Crippen LogP contribution in [0.4, 0.5) is 0 Å². The number of hydrogen-bond acceptors (Lipinski definition) is 5. The maximum atomic E-state index is 12.0. The van der Waals surface area contributed by atoms with Crippen molar-refractivity contribution in [3.8, 4) is 0 Å². The predicted molar refractivity (Wildman–Crippen MR) is 73.8 cm³/mol. The highest BCUT2D eigenvalue weighted by Gasteiger charge is 2.15. The lowest BCUT2D eigenvalue weighted by Gasteiger charge is -2.05. The fourth-order valence-corrected chi connectivity index (χ4v) is 2.78. The minimum Gasteiger partial charge on any atom is -0.478 e. The standard InChI is InChI=1S/C14H14O6S/c15-14(16)11-3-5-13(6-4-11)21(17,18)9-8-19-10-12-2-1-7-20-12/h1-7H,8-10H2,(H,15,16). The van der Waals surface area contributed by atoms with Crippen molar-refractivity contribution >= 4 is 15.8 Å². The van der Waals surface area contributed by atoms with Crippen LogP contribution in [0, 0.1) is 0 Å². The number of rotatable bonds is 7. The van der Waals surface area contributed by atoms with Crippen LogP contribution >= 0.6 is 0 Å². The summed E-state index contributed by atoms with van der Waals surface area (Å²) in [6.45, 7) is 0.240. The molecule has 0 aliphatic carbocycles. The summed E-state index contributed by atoms with van der Waals surface area (Å²) in [5.41, 5.74) is 0.0445. The van der Waals surface area contributed by atoms with Crippen molar-refractivity contribution in [2.75, 3.05) is 12.4 Å². The number of sulfone groups is 1. The van der Waals surface area contributed by atoms with E-state index in [0.29, 0.717) is 5.76 Å². The summed E-state index contributed by atoms with van der Waals surface area (Å²) in [6.07, 6.45) is 1.51. The normalized spacial score (nSPS) is 11.4. The number of ether oxygens (including phenoxy) is 1. The van der Waals surface area contributed by atoms with Gasteiger partial charge in [-0.25, -0.2) is 13.2 Å². The Morgan fingerprint density at radius 3 is 2.48 bits per heavy atom. The molecule has 0 aliphatic rings. The van der Waals surface area contributed by atoms with Crippen molar-refractivity contribution in [1.82, 2.24) is 0 Å². The minimum atomic E-state index is -3.49. The van der Waals surface area contributed by atoms with Gasteiger partial charge in [0.1, 0.15) is 12.4 Å². The SMILES string of the molecule is O=C(O)c1ccc(S(=O)(=O)CCOCc2ccco2)cc1. The van der Waals surface area contributed by atoms with Crippen LogP contribution in [0.2, 0.25) is 0 Å². The van der Waals surface area contributed by atoms with Gasteiger partial charge in [0.15, 0.2) is 9.84 Å². The number of hydrogen-bond donors (Lipinski definition) is 1. The van der Waals surface area contributed by atoms with Gasteiger partial charge >= 0.3 is 5.97 Å². The molecule has 0 saturated heterocycles. The summed E-state index contributed by atoms with van der Waals surface area (Å²) in [4.78, 5) is 10.8. The van der Waals surface area contributed by atoms with E-state index < -0.39 is 15.8 Å². The molecule has 0 saturated carbocycles. The molecule has 7 heteroatoms. The van der Waals surface area contributed by atoms with Gasteiger partial charge < -0.3 is 14.3 Å². The molecular weight excluding hydrogens is 296 g/mol. The number of carbonyl (C=O) groups is 1. The van der Waals surface area contributed by atoms with Gasteiger partial charge in [0, 0.05) is 0 Å². The van der Waals surface area contributed by atoms with Crippen molar-refractivity contribution in [3.63, 3.8) is 0 Å². The minimum absolute atomic E-state index is 0.0315. The molecule has 0 amide bonds. The van der Waals surface area contributed by atoms with Crippen molar-refractivity contribution in [3.05, 3.63) is 54.0 Å². The smallest absolute Gasteiger partial charge is 0.335 e. The first-order valence-corrected chi connectivity index (χ1v) is 7.80. The maximum absolute atomic E-state index is 12.0. The second-order valence-corrected chi connectivity index (χ2v) is 6.39. The molecular formula is C14H14O6S. The van der Waals surface area contributed by atoms with Gasteiger partial charge in [-0.15, -0.1) is 0 Å². The molecule has 1 N–H and O–H groups in total. The van der Waals surface area contributed by atoms with Gasteiger partial charge in [-0.2, -0.15) is 0 Å². The Kier molecular flexibility index (Phi) is 4.77. The molecule has 1 aromatic heterocycles. The fourth-order valence-electron chi connectivity index (χ4n) is 1.66. The number of carboxylic acid groups (broad SMARTS) is 1. The van der Waals surface area contributed by atoms with Crippen LogP contribution in [-0.2, 0) is 21.2 Å². The zero-order valence-electron chi connectivity index (χ0n) is 11.1. The molecule has 1 aromatic carbocycles. The molecule has 0 spiro atoms. The summed E-state index contributed by atoms with van der Waals surface area (Å²) in [5.74, 6) is -0.654. The van der Waals surface area contributed by atoms with Crippen LogP contribution in [0.15, 0.2) is 52.0 Å². The van der Waals surface area contributed by atoms with Crippen molar-refractivity contribution < 1.29 is 27.5 Å². The van der Waals surface area contributed by atoms with Gasteiger partial charge in [-0.1, -0.05) is 0 Å². The van der Waals surface area contributed by atoms with E-state index in [-0.39, 0.29) is 29.4 Å². The number of aromatic carboxylic acids is 1. The Morgan fingerprint density at radius 2 is 1.90 bits per heavy atom. The molecule has 21 heavy (non-hydrogen) atoms. The molecule has 2 aromatic rings. The van der Waals surface area contributed by atoms with Crippen molar-refractivity contribution in [2.45, 2.75) is 11.5 Å². The number of benzene rings is 1. The van der Waals surface area contributed by atoms with E-state index in [1.54, 1.807) is 12.1 Å². The molecule has 0 aliphatic heterocycles. The summed E-state index contributed by atoms with van der Waals surface area (Å²) in [6, 6.07) is 8.55. The predicted octanol–water partition coefficient (Wildman–Crippen LogP) is 1.97. The lowest BCUT2D eigenvalue weighted by Crippen LogP contribution is -2.12. The first-order chi connectivity index (χ1) is 9.99. The Morgan fingerprint density at radius 1 is 1.19 bits per heavy atom. The zero-order chi connectivity index (χ0) is 15.3. The van der Waals surface area contributed by atoms with E-state index in [4.69, 9.17) is 14.3 Å². The lowest BCUT2D eigenvalue weighted by atomic mass is 10.2. The van der Waals surface area contributed by atoms with Crippen LogP contribution in [0.5, 0.6) is 0 Å². The van der Waals surface area contributed by atoms with Crippen LogP contribution in [-0.4, -0.2) is 31.9 Å². The Bertz CT molecular complexity index is 686. The average molecular weight is 310 g/mol. The maximum Gasteiger partial charge on any atom is 0.335 e. The van der Waals surface area contributed by atoms with E-state index in [2.05, 4.69) is 0 Å². The molecule has 0 fully saturated rings. The molecule has 0 atom stereocenters. The lowest BCUT2D eigenvalue weighted by molar-refractivity contribution is 0.0696. The largest absolute Gasteiger partial charge is 0.478 e. The molecule has 0 radical (unpaired) electrons.